The molecule has 2 rings (SSSR count). The molecule has 0 aromatic heterocycles. The van der Waals surface area contributed by atoms with E-state index in [0.29, 0.717) is 5.92 Å². The van der Waals surface area contributed by atoms with E-state index >= 15 is 0 Å². The first-order valence-corrected chi connectivity index (χ1v) is 5.54. The highest BCUT2D eigenvalue weighted by Gasteiger charge is 2.62. The summed E-state index contributed by atoms with van der Waals surface area (Å²) in [7, 11) is -1.46. The molecule has 4 heteroatoms. The number of nitrogens with one attached hydrogen (secondary N) is 1. The van der Waals surface area contributed by atoms with Crippen LogP contribution in [0.3, 0.4) is 0 Å². The second-order valence-electron chi connectivity index (χ2n) is 3.55. The molecule has 2 aliphatic rings. The Bertz CT molecular complexity index is 262. The SMILES string of the molecule is CNS(=O)(=O)C1(C2CC2)CC1. The summed E-state index contributed by atoms with van der Waals surface area (Å²) in [6, 6.07) is 0. The molecule has 0 unspecified atom stereocenters. The fourth-order valence-corrected chi connectivity index (χ4v) is 3.55. The fourth-order valence-electron chi connectivity index (χ4n) is 1.83. The van der Waals surface area contributed by atoms with Gasteiger partial charge in [0.15, 0.2) is 0 Å². The second-order valence-corrected chi connectivity index (χ2v) is 5.77. The van der Waals surface area contributed by atoms with Gasteiger partial charge >= 0.3 is 0 Å². The maximum atomic E-state index is 11.5. The van der Waals surface area contributed by atoms with E-state index < -0.39 is 10.0 Å². The number of sulfonamides is 1. The standard InChI is InChI=1S/C7H13NO2S/c1-8-11(9,10)7(4-5-7)6-2-3-6/h6,8H,2-5H2,1H3. The molecule has 0 aromatic carbocycles. The molecule has 0 radical (unpaired) electrons. The van der Waals surface area contributed by atoms with Crippen molar-refractivity contribution in [2.24, 2.45) is 5.92 Å². The topological polar surface area (TPSA) is 46.2 Å². The van der Waals surface area contributed by atoms with E-state index in [9.17, 15) is 8.42 Å². The molecule has 0 heterocycles. The molecule has 0 aromatic rings. The van der Waals surface area contributed by atoms with Crippen molar-refractivity contribution in [2.75, 3.05) is 7.05 Å². The molecule has 0 spiro atoms. The molecule has 2 saturated carbocycles. The molecular formula is C7H13NO2S. The average molecular weight is 175 g/mol. The summed E-state index contributed by atoms with van der Waals surface area (Å²) in [6.07, 6.45) is 3.98. The molecule has 1 N–H and O–H groups in total. The van der Waals surface area contributed by atoms with Gasteiger partial charge < -0.3 is 0 Å². The van der Waals surface area contributed by atoms with Gasteiger partial charge in [-0.15, -0.1) is 0 Å². The van der Waals surface area contributed by atoms with Crippen LogP contribution in [-0.2, 0) is 10.0 Å². The van der Waals surface area contributed by atoms with Crippen LogP contribution in [0.2, 0.25) is 0 Å². The van der Waals surface area contributed by atoms with Gasteiger partial charge in [-0.25, -0.2) is 13.1 Å². The molecular weight excluding hydrogens is 162 g/mol. The zero-order valence-corrected chi connectivity index (χ0v) is 7.45. The Labute approximate surface area is 67.2 Å². The molecule has 64 valence electrons. The lowest BCUT2D eigenvalue weighted by molar-refractivity contribution is 0.554. The normalized spacial score (nSPS) is 28.5. The van der Waals surface area contributed by atoms with Crippen LogP contribution in [0.4, 0.5) is 0 Å². The van der Waals surface area contributed by atoms with E-state index in [4.69, 9.17) is 0 Å². The lowest BCUT2D eigenvalue weighted by Crippen LogP contribution is -2.35. The van der Waals surface area contributed by atoms with Gasteiger partial charge in [-0.1, -0.05) is 0 Å². The highest BCUT2D eigenvalue weighted by molar-refractivity contribution is 7.91. The number of hydrogen-bond donors (Lipinski definition) is 1. The van der Waals surface area contributed by atoms with E-state index in [1.54, 1.807) is 0 Å². The van der Waals surface area contributed by atoms with Crippen molar-refractivity contribution < 1.29 is 8.42 Å². The zero-order valence-electron chi connectivity index (χ0n) is 6.63. The highest BCUT2D eigenvalue weighted by atomic mass is 32.2. The molecule has 0 bridgehead atoms. The van der Waals surface area contributed by atoms with E-state index in [2.05, 4.69) is 4.72 Å². The minimum atomic E-state index is -2.97. The van der Waals surface area contributed by atoms with E-state index in [1.165, 1.54) is 7.05 Å². The Balaban J connectivity index is 2.26. The van der Waals surface area contributed by atoms with E-state index in [1.807, 2.05) is 0 Å². The highest BCUT2D eigenvalue weighted by Crippen LogP contribution is 2.58. The molecule has 0 atom stereocenters. The van der Waals surface area contributed by atoms with Crippen LogP contribution < -0.4 is 4.72 Å². The predicted octanol–water partition coefficient (Wildman–Crippen LogP) is 0.478. The minimum absolute atomic E-state index is 0.332. The maximum absolute atomic E-state index is 11.5. The average Bonchev–Trinajstić information content (AvgIpc) is 2.79. The van der Waals surface area contributed by atoms with Gasteiger partial charge in [-0.3, -0.25) is 0 Å². The van der Waals surface area contributed by atoms with E-state index in [-0.39, 0.29) is 4.75 Å². The van der Waals surface area contributed by atoms with Crippen LogP contribution in [0.1, 0.15) is 25.7 Å². The van der Waals surface area contributed by atoms with Crippen molar-refractivity contribution in [3.63, 3.8) is 0 Å². The Hall–Kier alpha value is -0.0900. The Morgan fingerprint density at radius 1 is 1.36 bits per heavy atom. The van der Waals surface area contributed by atoms with Crippen molar-refractivity contribution in [1.29, 1.82) is 0 Å². The summed E-state index contributed by atoms with van der Waals surface area (Å²) in [5, 5.41) is 0. The Morgan fingerprint density at radius 2 is 1.91 bits per heavy atom. The molecule has 2 fully saturated rings. The fraction of sp³-hybridized carbons (Fsp3) is 1.00. The van der Waals surface area contributed by atoms with Gasteiger partial charge in [0.1, 0.15) is 0 Å². The summed E-state index contributed by atoms with van der Waals surface area (Å²) >= 11 is 0. The first kappa shape index (κ1) is 7.55. The first-order valence-electron chi connectivity index (χ1n) is 4.05. The van der Waals surface area contributed by atoms with Crippen LogP contribution in [0, 0.1) is 5.92 Å². The lowest BCUT2D eigenvalue weighted by atomic mass is 10.3. The molecule has 0 saturated heterocycles. The summed E-state index contributed by atoms with van der Waals surface area (Å²) in [6.45, 7) is 0. The predicted molar refractivity (Wildman–Crippen MR) is 42.7 cm³/mol. The largest absolute Gasteiger partial charge is 0.218 e. The zero-order chi connectivity index (χ0) is 8.11. The third-order valence-electron chi connectivity index (χ3n) is 2.87. The van der Waals surface area contributed by atoms with Crippen LogP contribution in [-0.4, -0.2) is 20.2 Å². The second kappa shape index (κ2) is 1.98. The van der Waals surface area contributed by atoms with Crippen LogP contribution in [0.25, 0.3) is 0 Å². The van der Waals surface area contributed by atoms with Crippen LogP contribution in [0.15, 0.2) is 0 Å². The third-order valence-corrected chi connectivity index (χ3v) is 5.22. The van der Waals surface area contributed by atoms with Gasteiger partial charge in [0.25, 0.3) is 0 Å². The lowest BCUT2D eigenvalue weighted by Gasteiger charge is -2.13. The minimum Gasteiger partial charge on any atom is -0.218 e. The molecule has 0 aliphatic heterocycles. The van der Waals surface area contributed by atoms with Crippen molar-refractivity contribution in [3.8, 4) is 0 Å². The molecule has 0 amide bonds. The van der Waals surface area contributed by atoms with Crippen molar-refractivity contribution in [1.82, 2.24) is 4.72 Å². The van der Waals surface area contributed by atoms with Crippen molar-refractivity contribution in [3.05, 3.63) is 0 Å². The molecule has 11 heavy (non-hydrogen) atoms. The smallest absolute Gasteiger partial charge is 0.217 e. The van der Waals surface area contributed by atoms with E-state index in [0.717, 1.165) is 25.7 Å². The van der Waals surface area contributed by atoms with Gasteiger partial charge in [-0.05, 0) is 38.6 Å². The number of rotatable bonds is 3. The van der Waals surface area contributed by atoms with Crippen LogP contribution >= 0.6 is 0 Å². The summed E-state index contributed by atoms with van der Waals surface area (Å²) in [4.78, 5) is 0. The van der Waals surface area contributed by atoms with Crippen molar-refractivity contribution in [2.45, 2.75) is 30.4 Å². The van der Waals surface area contributed by atoms with Gasteiger partial charge in [-0.2, -0.15) is 0 Å². The Morgan fingerprint density at radius 3 is 2.18 bits per heavy atom. The van der Waals surface area contributed by atoms with Crippen LogP contribution in [0.5, 0.6) is 0 Å². The molecule has 2 aliphatic carbocycles. The summed E-state index contributed by atoms with van der Waals surface area (Å²) < 4.78 is 25.0. The van der Waals surface area contributed by atoms with Gasteiger partial charge in [0.2, 0.25) is 10.0 Å². The van der Waals surface area contributed by atoms with Gasteiger partial charge in [0, 0.05) is 0 Å². The summed E-state index contributed by atoms with van der Waals surface area (Å²) in [5.41, 5.74) is 0. The quantitative estimate of drug-likeness (QED) is 0.678. The van der Waals surface area contributed by atoms with Gasteiger partial charge in [0.05, 0.1) is 4.75 Å². The third kappa shape index (κ3) is 0.924. The van der Waals surface area contributed by atoms with Crippen molar-refractivity contribution >= 4 is 10.0 Å². The monoisotopic (exact) mass is 175 g/mol. The summed E-state index contributed by atoms with van der Waals surface area (Å²) in [5.74, 6) is 0.472. The first-order chi connectivity index (χ1) is 5.12. The Kier molecular flexibility index (Phi) is 1.36. The molecule has 3 nitrogen and oxygen atoms in total. The maximum Gasteiger partial charge on any atom is 0.217 e. The number of hydrogen-bond acceptors (Lipinski definition) is 2.